The third-order valence-electron chi connectivity index (χ3n) is 5.24. The molecule has 0 bridgehead atoms. The second-order valence-corrected chi connectivity index (χ2v) is 7.45. The van der Waals surface area contributed by atoms with Crippen LogP contribution < -0.4 is 4.74 Å². The second-order valence-electron chi connectivity index (χ2n) is 7.45. The molecule has 0 N–H and O–H groups in total. The first-order valence-corrected chi connectivity index (χ1v) is 10.2. The lowest BCUT2D eigenvalue weighted by Crippen LogP contribution is -2.05. The zero-order chi connectivity index (χ0) is 19.9. The van der Waals surface area contributed by atoms with Gasteiger partial charge in [0.2, 0.25) is 0 Å². The van der Waals surface area contributed by atoms with Crippen molar-refractivity contribution >= 4 is 0 Å². The molecule has 0 radical (unpaired) electrons. The van der Waals surface area contributed by atoms with Crippen LogP contribution in [0.4, 0.5) is 0 Å². The quantitative estimate of drug-likeness (QED) is 0.345. The normalized spacial score (nSPS) is 10.7. The average molecular weight is 379 g/mol. The molecule has 0 aliphatic rings. The van der Waals surface area contributed by atoms with E-state index >= 15 is 0 Å². The highest BCUT2D eigenvalue weighted by atomic mass is 16.5. The Morgan fingerprint density at radius 3 is 1.66 bits per heavy atom. The number of aryl methyl sites for hydroxylation is 1. The van der Waals surface area contributed by atoms with Crippen molar-refractivity contribution in [1.29, 1.82) is 0 Å². The van der Waals surface area contributed by atoms with E-state index in [0.717, 1.165) is 18.6 Å². The first-order valence-electron chi connectivity index (χ1n) is 10.2. The number of ether oxygens (including phenoxy) is 1. The lowest BCUT2D eigenvalue weighted by Gasteiger charge is -2.19. The summed E-state index contributed by atoms with van der Waals surface area (Å²) in [6.07, 6.45) is 1.78. The molecule has 0 spiro atoms. The van der Waals surface area contributed by atoms with Crippen LogP contribution in [0.3, 0.4) is 0 Å². The molecule has 29 heavy (non-hydrogen) atoms. The fraction of sp³-hybridized carbons (Fsp3) is 0.143. The average Bonchev–Trinajstić information content (AvgIpc) is 2.77. The van der Waals surface area contributed by atoms with E-state index in [4.69, 9.17) is 4.74 Å². The Balaban J connectivity index is 1.70. The lowest BCUT2D eigenvalue weighted by atomic mass is 9.92. The van der Waals surface area contributed by atoms with E-state index in [1.807, 2.05) is 6.07 Å². The second kappa shape index (κ2) is 9.25. The van der Waals surface area contributed by atoms with Crippen molar-refractivity contribution < 1.29 is 4.74 Å². The summed E-state index contributed by atoms with van der Waals surface area (Å²) in [6, 6.07) is 36.1. The minimum absolute atomic E-state index is 0.582. The molecule has 0 fully saturated rings. The van der Waals surface area contributed by atoms with Gasteiger partial charge >= 0.3 is 0 Å². The summed E-state index contributed by atoms with van der Waals surface area (Å²) in [5.74, 6) is 1.02. The minimum Gasteiger partial charge on any atom is -0.488 e. The SMILES string of the molecule is Cc1ccc(Cc2ccccc2)c(Cc2ccccc2)c1OCc1ccccc1. The van der Waals surface area contributed by atoms with E-state index in [1.165, 1.54) is 33.4 Å². The molecule has 0 aliphatic heterocycles. The highest BCUT2D eigenvalue weighted by Gasteiger charge is 2.14. The van der Waals surface area contributed by atoms with E-state index in [-0.39, 0.29) is 0 Å². The van der Waals surface area contributed by atoms with Gasteiger partial charge in [-0.1, -0.05) is 103 Å². The molecule has 4 rings (SSSR count). The predicted molar refractivity (Wildman–Crippen MR) is 120 cm³/mol. The lowest BCUT2D eigenvalue weighted by molar-refractivity contribution is 0.301. The van der Waals surface area contributed by atoms with Gasteiger partial charge in [0.15, 0.2) is 0 Å². The molecule has 4 aromatic rings. The maximum Gasteiger partial charge on any atom is 0.126 e. The number of hydrogen-bond acceptors (Lipinski definition) is 1. The van der Waals surface area contributed by atoms with Crippen LogP contribution in [0.2, 0.25) is 0 Å². The summed E-state index contributed by atoms with van der Waals surface area (Å²) >= 11 is 0. The highest BCUT2D eigenvalue weighted by Crippen LogP contribution is 2.31. The third kappa shape index (κ3) is 4.94. The van der Waals surface area contributed by atoms with Gasteiger partial charge in [-0.25, -0.2) is 0 Å². The Labute approximate surface area is 173 Å². The van der Waals surface area contributed by atoms with Gasteiger partial charge in [0.05, 0.1) is 0 Å². The van der Waals surface area contributed by atoms with E-state index in [9.17, 15) is 0 Å². The van der Waals surface area contributed by atoms with Crippen LogP contribution in [0.5, 0.6) is 5.75 Å². The van der Waals surface area contributed by atoms with Gasteiger partial charge in [0.1, 0.15) is 12.4 Å². The van der Waals surface area contributed by atoms with Crippen LogP contribution in [0.1, 0.15) is 33.4 Å². The summed E-state index contributed by atoms with van der Waals surface area (Å²) in [6.45, 7) is 2.72. The van der Waals surface area contributed by atoms with Gasteiger partial charge in [-0.15, -0.1) is 0 Å². The summed E-state index contributed by atoms with van der Waals surface area (Å²) in [4.78, 5) is 0. The van der Waals surface area contributed by atoms with Gasteiger partial charge in [-0.05, 0) is 41.2 Å². The van der Waals surface area contributed by atoms with Crippen LogP contribution in [0.25, 0.3) is 0 Å². The molecular formula is C28H26O. The predicted octanol–water partition coefficient (Wildman–Crippen LogP) is 6.76. The molecule has 0 aliphatic carbocycles. The fourth-order valence-electron chi connectivity index (χ4n) is 3.69. The number of benzene rings is 4. The first kappa shape index (κ1) is 19.0. The standard InChI is InChI=1S/C28H26O/c1-22-17-18-26(19-23-11-5-2-6-12-23)27(20-24-13-7-3-8-14-24)28(22)29-21-25-15-9-4-10-16-25/h2-18H,19-21H2,1H3. The maximum atomic E-state index is 6.40. The molecule has 0 aromatic heterocycles. The van der Waals surface area contributed by atoms with E-state index in [0.29, 0.717) is 6.61 Å². The van der Waals surface area contributed by atoms with Crippen molar-refractivity contribution in [1.82, 2.24) is 0 Å². The van der Waals surface area contributed by atoms with Gasteiger partial charge in [0, 0.05) is 12.0 Å². The summed E-state index contributed by atoms with van der Waals surface area (Å²) in [5, 5.41) is 0. The van der Waals surface area contributed by atoms with Crippen LogP contribution in [-0.2, 0) is 19.4 Å². The van der Waals surface area contributed by atoms with Gasteiger partial charge in [-0.2, -0.15) is 0 Å². The minimum atomic E-state index is 0.582. The molecule has 0 amide bonds. The van der Waals surface area contributed by atoms with E-state index in [1.54, 1.807) is 0 Å². The topological polar surface area (TPSA) is 9.23 Å². The molecule has 0 saturated carbocycles. The highest BCUT2D eigenvalue weighted by molar-refractivity contribution is 5.50. The zero-order valence-electron chi connectivity index (χ0n) is 16.8. The number of rotatable bonds is 7. The molecule has 1 nitrogen and oxygen atoms in total. The Morgan fingerprint density at radius 1 is 0.552 bits per heavy atom. The van der Waals surface area contributed by atoms with Gasteiger partial charge in [0.25, 0.3) is 0 Å². The van der Waals surface area contributed by atoms with Crippen molar-refractivity contribution in [2.24, 2.45) is 0 Å². The Kier molecular flexibility index (Phi) is 6.07. The van der Waals surface area contributed by atoms with Crippen molar-refractivity contribution in [3.63, 3.8) is 0 Å². The molecule has 0 heterocycles. The molecule has 144 valence electrons. The van der Waals surface area contributed by atoms with E-state index < -0.39 is 0 Å². The van der Waals surface area contributed by atoms with E-state index in [2.05, 4.69) is 104 Å². The largest absolute Gasteiger partial charge is 0.488 e. The monoisotopic (exact) mass is 378 g/mol. The van der Waals surface area contributed by atoms with Crippen molar-refractivity contribution in [2.75, 3.05) is 0 Å². The Bertz CT molecular complexity index is 1040. The summed E-state index contributed by atoms with van der Waals surface area (Å²) in [7, 11) is 0. The molecule has 0 atom stereocenters. The summed E-state index contributed by atoms with van der Waals surface area (Å²) in [5.41, 5.74) is 7.61. The van der Waals surface area contributed by atoms with Crippen molar-refractivity contribution in [2.45, 2.75) is 26.4 Å². The van der Waals surface area contributed by atoms with Crippen LogP contribution in [0, 0.1) is 6.92 Å². The smallest absolute Gasteiger partial charge is 0.126 e. The van der Waals surface area contributed by atoms with Crippen LogP contribution in [-0.4, -0.2) is 0 Å². The van der Waals surface area contributed by atoms with Crippen molar-refractivity contribution in [3.8, 4) is 5.75 Å². The fourth-order valence-corrected chi connectivity index (χ4v) is 3.69. The Hall–Kier alpha value is -3.32. The molecule has 0 unspecified atom stereocenters. The third-order valence-corrected chi connectivity index (χ3v) is 5.24. The van der Waals surface area contributed by atoms with Crippen LogP contribution in [0.15, 0.2) is 103 Å². The molecule has 4 aromatic carbocycles. The van der Waals surface area contributed by atoms with Crippen LogP contribution >= 0.6 is 0 Å². The molecule has 1 heteroatoms. The molecule has 0 saturated heterocycles. The van der Waals surface area contributed by atoms with Gasteiger partial charge in [-0.3, -0.25) is 0 Å². The van der Waals surface area contributed by atoms with Crippen molar-refractivity contribution in [3.05, 3.63) is 137 Å². The van der Waals surface area contributed by atoms with Gasteiger partial charge < -0.3 is 4.74 Å². The summed E-state index contributed by atoms with van der Waals surface area (Å²) < 4.78 is 6.40. The molecular weight excluding hydrogens is 352 g/mol. The zero-order valence-corrected chi connectivity index (χ0v) is 16.8. The first-order chi connectivity index (χ1) is 14.3. The maximum absolute atomic E-state index is 6.40. The number of hydrogen-bond donors (Lipinski definition) is 0. The Morgan fingerprint density at radius 2 is 1.07 bits per heavy atom.